The first-order valence-electron chi connectivity index (χ1n) is 7.68. The van der Waals surface area contributed by atoms with Gasteiger partial charge in [0.25, 0.3) is 0 Å². The van der Waals surface area contributed by atoms with E-state index >= 15 is 0 Å². The molecule has 0 unspecified atom stereocenters. The van der Waals surface area contributed by atoms with E-state index < -0.39 is 8.80 Å². The van der Waals surface area contributed by atoms with Crippen molar-refractivity contribution in [1.29, 1.82) is 15.8 Å². The summed E-state index contributed by atoms with van der Waals surface area (Å²) in [5.41, 5.74) is 0.151. The van der Waals surface area contributed by atoms with E-state index in [9.17, 15) is 0 Å². The van der Waals surface area contributed by atoms with E-state index in [0.29, 0.717) is 30.5 Å². The lowest BCUT2D eigenvalue weighted by molar-refractivity contribution is 0.121. The van der Waals surface area contributed by atoms with E-state index in [0.717, 1.165) is 0 Å². The van der Waals surface area contributed by atoms with Gasteiger partial charge in [0.15, 0.2) is 5.57 Å². The first-order chi connectivity index (χ1) is 12.6. The van der Waals surface area contributed by atoms with Gasteiger partial charge in [-0.05, 0) is 18.6 Å². The minimum atomic E-state index is -2.61. The summed E-state index contributed by atoms with van der Waals surface area (Å²) in [7, 11) is 2.08. The van der Waals surface area contributed by atoms with Gasteiger partial charge < -0.3 is 23.3 Å². The Hall–Kier alpha value is -2.87. The molecule has 1 aromatic rings. The van der Waals surface area contributed by atoms with Crippen LogP contribution in [0.4, 0.5) is 5.69 Å². The SMILES string of the molecule is CO[Si](CCCOc1cccc(NC(C#N)=C(C#N)C#N)c1)(OC)OC. The summed E-state index contributed by atoms with van der Waals surface area (Å²) < 4.78 is 21.7. The molecule has 9 heteroatoms. The molecule has 1 N–H and O–H groups in total. The Kier molecular flexibility index (Phi) is 8.86. The molecule has 0 bridgehead atoms. The van der Waals surface area contributed by atoms with Gasteiger partial charge >= 0.3 is 8.80 Å². The molecule has 1 rings (SSSR count). The van der Waals surface area contributed by atoms with Crippen molar-refractivity contribution in [2.45, 2.75) is 12.5 Å². The summed E-state index contributed by atoms with van der Waals surface area (Å²) in [6, 6.07) is 12.7. The molecule has 0 fully saturated rings. The van der Waals surface area contributed by atoms with Crippen LogP contribution in [0.3, 0.4) is 0 Å². The minimum Gasteiger partial charge on any atom is -0.494 e. The van der Waals surface area contributed by atoms with Crippen LogP contribution in [0, 0.1) is 34.0 Å². The van der Waals surface area contributed by atoms with Gasteiger partial charge in [-0.25, -0.2) is 0 Å². The van der Waals surface area contributed by atoms with E-state index in [-0.39, 0.29) is 11.3 Å². The Balaban J connectivity index is 2.69. The van der Waals surface area contributed by atoms with Gasteiger partial charge in [0.2, 0.25) is 0 Å². The van der Waals surface area contributed by atoms with Crippen LogP contribution < -0.4 is 10.1 Å². The summed E-state index contributed by atoms with van der Waals surface area (Å²) >= 11 is 0. The number of hydrogen-bond donors (Lipinski definition) is 1. The van der Waals surface area contributed by atoms with E-state index in [1.807, 2.05) is 0 Å². The fraction of sp³-hybridized carbons (Fsp3) is 0.353. The molecule has 0 aromatic heterocycles. The first kappa shape index (κ1) is 21.2. The molecule has 0 heterocycles. The highest BCUT2D eigenvalue weighted by Gasteiger charge is 2.36. The monoisotopic (exact) mass is 372 g/mol. The number of rotatable bonds is 10. The summed E-state index contributed by atoms with van der Waals surface area (Å²) in [6.07, 6.45) is 0.676. The van der Waals surface area contributed by atoms with Gasteiger partial charge in [0, 0.05) is 39.1 Å². The second-order valence-electron chi connectivity index (χ2n) is 4.99. The maximum absolute atomic E-state index is 9.07. The molecule has 0 amide bonds. The molecule has 0 atom stereocenters. The van der Waals surface area contributed by atoms with Crippen molar-refractivity contribution in [1.82, 2.24) is 0 Å². The maximum atomic E-state index is 9.07. The van der Waals surface area contributed by atoms with E-state index in [1.54, 1.807) is 63.8 Å². The van der Waals surface area contributed by atoms with Crippen molar-refractivity contribution < 1.29 is 18.0 Å². The Bertz CT molecular complexity index is 733. The zero-order chi connectivity index (χ0) is 19.4. The molecule has 0 aliphatic rings. The lowest BCUT2D eigenvalue weighted by Gasteiger charge is -2.24. The molecular formula is C17H20N4O4Si. The molecule has 8 nitrogen and oxygen atoms in total. The number of nitrogens with zero attached hydrogens (tertiary/aromatic N) is 3. The minimum absolute atomic E-state index is 0.108. The summed E-state index contributed by atoms with van der Waals surface area (Å²) in [6.45, 7) is 0.427. The normalized spacial score (nSPS) is 10.2. The predicted octanol–water partition coefficient (Wildman–Crippen LogP) is 2.57. The third-order valence-corrected chi connectivity index (χ3v) is 6.35. The molecule has 0 saturated heterocycles. The highest BCUT2D eigenvalue weighted by molar-refractivity contribution is 6.60. The third-order valence-electron chi connectivity index (χ3n) is 3.52. The standard InChI is InChI=1S/C17H20N4O4Si/c1-22-26(23-2,24-3)9-5-8-25-16-7-4-6-15(10-16)21-17(13-20)14(11-18)12-19/h4,6-7,10,21H,5,8-9H2,1-3H3. The van der Waals surface area contributed by atoms with Crippen molar-refractivity contribution in [3.8, 4) is 24.0 Å². The average Bonchev–Trinajstić information content (AvgIpc) is 2.69. The van der Waals surface area contributed by atoms with Crippen molar-refractivity contribution in [2.24, 2.45) is 0 Å². The van der Waals surface area contributed by atoms with Gasteiger partial charge in [0.1, 0.15) is 29.7 Å². The number of hydrogen-bond acceptors (Lipinski definition) is 8. The van der Waals surface area contributed by atoms with E-state index in [1.165, 1.54) is 0 Å². The fourth-order valence-corrected chi connectivity index (χ4v) is 3.82. The van der Waals surface area contributed by atoms with Gasteiger partial charge in [0.05, 0.1) is 6.61 Å². The lowest BCUT2D eigenvalue weighted by Crippen LogP contribution is -2.42. The molecule has 1 aromatic carbocycles. The van der Waals surface area contributed by atoms with Gasteiger partial charge in [-0.3, -0.25) is 0 Å². The summed E-state index contributed by atoms with van der Waals surface area (Å²) in [5, 5.41) is 29.5. The number of benzene rings is 1. The number of nitrogens with one attached hydrogen (secondary N) is 1. The highest BCUT2D eigenvalue weighted by atomic mass is 28.4. The van der Waals surface area contributed by atoms with Gasteiger partial charge in [-0.15, -0.1) is 0 Å². The van der Waals surface area contributed by atoms with Crippen LogP contribution in [0.25, 0.3) is 0 Å². The topological polar surface area (TPSA) is 120 Å². The third kappa shape index (κ3) is 5.89. The predicted molar refractivity (Wildman–Crippen MR) is 95.6 cm³/mol. The van der Waals surface area contributed by atoms with Crippen LogP contribution in [-0.2, 0) is 13.3 Å². The van der Waals surface area contributed by atoms with Crippen LogP contribution in [0.1, 0.15) is 6.42 Å². The number of anilines is 1. The van der Waals surface area contributed by atoms with Crippen LogP contribution >= 0.6 is 0 Å². The van der Waals surface area contributed by atoms with Crippen molar-refractivity contribution in [3.05, 3.63) is 35.5 Å². The number of allylic oxidation sites excluding steroid dienone is 2. The number of nitriles is 3. The van der Waals surface area contributed by atoms with E-state index in [2.05, 4.69) is 5.32 Å². The van der Waals surface area contributed by atoms with Crippen molar-refractivity contribution in [2.75, 3.05) is 33.3 Å². The van der Waals surface area contributed by atoms with Crippen LogP contribution in [0.5, 0.6) is 5.75 Å². The molecule has 0 radical (unpaired) electrons. The molecule has 26 heavy (non-hydrogen) atoms. The Morgan fingerprint density at radius 1 is 1.04 bits per heavy atom. The second kappa shape index (κ2) is 10.9. The highest BCUT2D eigenvalue weighted by Crippen LogP contribution is 2.21. The Labute approximate surface area is 154 Å². The molecule has 0 spiro atoms. The smallest absolute Gasteiger partial charge is 0.494 e. The van der Waals surface area contributed by atoms with Crippen molar-refractivity contribution >= 4 is 14.5 Å². The largest absolute Gasteiger partial charge is 0.500 e. The van der Waals surface area contributed by atoms with Crippen LogP contribution in [0.2, 0.25) is 6.04 Å². The lowest BCUT2D eigenvalue weighted by atomic mass is 10.2. The molecule has 0 saturated carbocycles. The van der Waals surface area contributed by atoms with Crippen molar-refractivity contribution in [3.63, 3.8) is 0 Å². The van der Waals surface area contributed by atoms with Crippen LogP contribution in [0.15, 0.2) is 35.5 Å². The second-order valence-corrected chi connectivity index (χ2v) is 8.08. The summed E-state index contributed by atoms with van der Waals surface area (Å²) in [4.78, 5) is 0. The molecule has 0 aliphatic heterocycles. The Morgan fingerprint density at radius 2 is 1.69 bits per heavy atom. The molecular weight excluding hydrogens is 352 g/mol. The first-order valence-corrected chi connectivity index (χ1v) is 9.61. The maximum Gasteiger partial charge on any atom is 0.500 e. The van der Waals surface area contributed by atoms with Crippen LogP contribution in [-0.4, -0.2) is 36.7 Å². The van der Waals surface area contributed by atoms with Gasteiger partial charge in [-0.2, -0.15) is 15.8 Å². The summed E-state index contributed by atoms with van der Waals surface area (Å²) in [5.74, 6) is 0.585. The molecule has 136 valence electrons. The Morgan fingerprint density at radius 3 is 2.23 bits per heavy atom. The quantitative estimate of drug-likeness (QED) is 0.378. The van der Waals surface area contributed by atoms with E-state index in [4.69, 9.17) is 33.8 Å². The zero-order valence-corrected chi connectivity index (χ0v) is 15.9. The van der Waals surface area contributed by atoms with Gasteiger partial charge in [-0.1, -0.05) is 6.07 Å². The molecule has 0 aliphatic carbocycles. The number of ether oxygens (including phenoxy) is 1. The fourth-order valence-electron chi connectivity index (χ4n) is 2.13. The zero-order valence-electron chi connectivity index (χ0n) is 14.9. The average molecular weight is 372 g/mol.